The summed E-state index contributed by atoms with van der Waals surface area (Å²) in [6.07, 6.45) is 2.48. The largest absolute Gasteiger partial charge is 0.444 e. The van der Waals surface area contributed by atoms with Crippen molar-refractivity contribution in [1.29, 1.82) is 0 Å². The third-order valence-corrected chi connectivity index (χ3v) is 3.17. The molecule has 1 aromatic heterocycles. The summed E-state index contributed by atoms with van der Waals surface area (Å²) in [6.45, 7) is 4.13. The van der Waals surface area contributed by atoms with Gasteiger partial charge in [-0.3, -0.25) is 4.79 Å². The van der Waals surface area contributed by atoms with Gasteiger partial charge >= 0.3 is 0 Å². The molecule has 0 fully saturated rings. The van der Waals surface area contributed by atoms with Gasteiger partial charge in [0.25, 0.3) is 0 Å². The molecule has 1 unspecified atom stereocenters. The van der Waals surface area contributed by atoms with Crippen molar-refractivity contribution in [2.24, 2.45) is 0 Å². The second-order valence-electron chi connectivity index (χ2n) is 4.68. The fraction of sp³-hybridized carbons (Fsp3) is 0.333. The maximum atomic E-state index is 12.1. The number of amides is 1. The Morgan fingerprint density at radius 2 is 2.30 bits per heavy atom. The van der Waals surface area contributed by atoms with Crippen LogP contribution in [0, 0.1) is 0 Å². The molecule has 5 heteroatoms. The van der Waals surface area contributed by atoms with Crippen LogP contribution in [-0.4, -0.2) is 10.9 Å². The van der Waals surface area contributed by atoms with Crippen molar-refractivity contribution >= 4 is 11.6 Å². The predicted molar refractivity (Wildman–Crippen MR) is 77.0 cm³/mol. The molecule has 0 radical (unpaired) electrons. The molecule has 0 bridgehead atoms. The van der Waals surface area contributed by atoms with Crippen LogP contribution >= 0.6 is 0 Å². The van der Waals surface area contributed by atoms with Gasteiger partial charge < -0.3 is 15.5 Å². The molecule has 1 amide bonds. The van der Waals surface area contributed by atoms with Crippen LogP contribution in [0.5, 0.6) is 0 Å². The number of oxazole rings is 1. The third kappa shape index (κ3) is 3.38. The molecule has 0 aliphatic carbocycles. The minimum absolute atomic E-state index is 0.0770. The fourth-order valence-electron chi connectivity index (χ4n) is 1.89. The van der Waals surface area contributed by atoms with Gasteiger partial charge in [0.05, 0.1) is 18.7 Å². The van der Waals surface area contributed by atoms with Gasteiger partial charge in [0.1, 0.15) is 5.76 Å². The number of nitrogens with one attached hydrogen (secondary N) is 1. The number of nitrogen functional groups attached to an aromatic ring is 1. The monoisotopic (exact) mass is 273 g/mol. The van der Waals surface area contributed by atoms with Crippen LogP contribution in [0.25, 0.3) is 0 Å². The van der Waals surface area contributed by atoms with Crippen LogP contribution in [0.1, 0.15) is 37.0 Å². The van der Waals surface area contributed by atoms with E-state index in [2.05, 4.69) is 10.3 Å². The zero-order valence-corrected chi connectivity index (χ0v) is 11.7. The molecule has 0 aliphatic heterocycles. The predicted octanol–water partition coefficient (Wildman–Crippen LogP) is 2.24. The highest BCUT2D eigenvalue weighted by molar-refractivity contribution is 5.83. The number of hydrogen-bond donors (Lipinski definition) is 2. The summed E-state index contributed by atoms with van der Waals surface area (Å²) in [7, 11) is 0. The van der Waals surface area contributed by atoms with E-state index < -0.39 is 0 Å². The minimum Gasteiger partial charge on any atom is -0.444 e. The summed E-state index contributed by atoms with van der Waals surface area (Å²) < 4.78 is 5.44. The van der Waals surface area contributed by atoms with E-state index in [1.165, 1.54) is 0 Å². The third-order valence-electron chi connectivity index (χ3n) is 3.17. The maximum Gasteiger partial charge on any atom is 0.227 e. The first-order chi connectivity index (χ1) is 9.60. The molecule has 1 aromatic carbocycles. The number of aryl methyl sites for hydroxylation is 1. The number of aromatic nitrogens is 1. The van der Waals surface area contributed by atoms with Crippen LogP contribution in [0.2, 0.25) is 0 Å². The van der Waals surface area contributed by atoms with Crippen LogP contribution in [0.15, 0.2) is 34.9 Å². The minimum atomic E-state index is -0.265. The highest BCUT2D eigenvalue weighted by Gasteiger charge is 2.15. The van der Waals surface area contributed by atoms with Crippen LogP contribution in [0.3, 0.4) is 0 Å². The molecule has 2 aromatic rings. The Bertz CT molecular complexity index is 592. The zero-order valence-electron chi connectivity index (χ0n) is 11.7. The number of hydrogen-bond acceptors (Lipinski definition) is 4. The Morgan fingerprint density at radius 1 is 1.50 bits per heavy atom. The Kier molecular flexibility index (Phi) is 4.40. The molecule has 0 aliphatic rings. The van der Waals surface area contributed by atoms with Crippen molar-refractivity contribution < 1.29 is 9.21 Å². The molecule has 1 atom stereocenters. The van der Waals surface area contributed by atoms with E-state index in [1.807, 2.05) is 32.0 Å². The van der Waals surface area contributed by atoms with Gasteiger partial charge in [-0.05, 0) is 24.6 Å². The number of benzene rings is 1. The Hall–Kier alpha value is -2.30. The molecular weight excluding hydrogens is 254 g/mol. The summed E-state index contributed by atoms with van der Waals surface area (Å²) >= 11 is 0. The molecule has 2 rings (SSSR count). The number of carbonyl (C=O) groups is 1. The lowest BCUT2D eigenvalue weighted by Gasteiger charge is -2.12. The number of anilines is 1. The van der Waals surface area contributed by atoms with Gasteiger partial charge in [-0.15, -0.1) is 0 Å². The van der Waals surface area contributed by atoms with Gasteiger partial charge in [-0.25, -0.2) is 4.98 Å². The molecule has 0 saturated heterocycles. The lowest BCUT2D eigenvalue weighted by atomic mass is 10.00. The van der Waals surface area contributed by atoms with Crippen LogP contribution in [-0.2, 0) is 17.8 Å². The van der Waals surface area contributed by atoms with Crippen molar-refractivity contribution in [3.63, 3.8) is 0 Å². The highest BCUT2D eigenvalue weighted by atomic mass is 16.4. The summed E-state index contributed by atoms with van der Waals surface area (Å²) in [5, 5.41) is 2.82. The lowest BCUT2D eigenvalue weighted by Crippen LogP contribution is -2.27. The van der Waals surface area contributed by atoms with Gasteiger partial charge in [-0.1, -0.05) is 19.1 Å². The Balaban J connectivity index is 1.94. The Morgan fingerprint density at radius 3 is 2.95 bits per heavy atom. The van der Waals surface area contributed by atoms with Crippen molar-refractivity contribution in [2.75, 3.05) is 5.73 Å². The van der Waals surface area contributed by atoms with Gasteiger partial charge in [0.2, 0.25) is 11.8 Å². The van der Waals surface area contributed by atoms with E-state index in [-0.39, 0.29) is 11.8 Å². The quantitative estimate of drug-likeness (QED) is 0.819. The fourth-order valence-corrected chi connectivity index (χ4v) is 1.89. The summed E-state index contributed by atoms with van der Waals surface area (Å²) in [6, 6.07) is 7.34. The first-order valence-corrected chi connectivity index (χ1v) is 6.67. The molecule has 0 spiro atoms. The molecule has 1 heterocycles. The topological polar surface area (TPSA) is 81.2 Å². The Labute approximate surface area is 118 Å². The standard InChI is InChI=1S/C15H19N3O2/c1-3-13-8-17-14(20-13)9-18-15(19)10(2)11-5-4-6-12(16)7-11/h4-8,10H,3,9,16H2,1-2H3,(H,18,19). The van der Waals surface area contributed by atoms with Crippen LogP contribution in [0.4, 0.5) is 5.69 Å². The van der Waals surface area contributed by atoms with Crippen molar-refractivity contribution in [3.05, 3.63) is 47.7 Å². The summed E-state index contributed by atoms with van der Waals surface area (Å²) in [5.41, 5.74) is 7.27. The van der Waals surface area contributed by atoms with E-state index >= 15 is 0 Å². The average Bonchev–Trinajstić information content (AvgIpc) is 2.92. The van der Waals surface area contributed by atoms with Gasteiger partial charge in [0, 0.05) is 12.1 Å². The first-order valence-electron chi connectivity index (χ1n) is 6.67. The molecule has 0 saturated carbocycles. The molecule has 3 N–H and O–H groups in total. The molecule has 5 nitrogen and oxygen atoms in total. The van der Waals surface area contributed by atoms with E-state index in [4.69, 9.17) is 10.2 Å². The summed E-state index contributed by atoms with van der Waals surface area (Å²) in [5.74, 6) is 0.999. The number of carbonyl (C=O) groups excluding carboxylic acids is 1. The normalized spacial score (nSPS) is 12.1. The molecular formula is C15H19N3O2. The molecule has 106 valence electrons. The lowest BCUT2D eigenvalue weighted by molar-refractivity contribution is -0.122. The van der Waals surface area contributed by atoms with E-state index in [9.17, 15) is 4.79 Å². The highest BCUT2D eigenvalue weighted by Crippen LogP contribution is 2.18. The van der Waals surface area contributed by atoms with E-state index in [1.54, 1.807) is 12.3 Å². The SMILES string of the molecule is CCc1cnc(CNC(=O)C(C)c2cccc(N)c2)o1. The second-order valence-corrected chi connectivity index (χ2v) is 4.68. The molecule has 20 heavy (non-hydrogen) atoms. The summed E-state index contributed by atoms with van der Waals surface area (Å²) in [4.78, 5) is 16.2. The first kappa shape index (κ1) is 14.1. The number of rotatable bonds is 5. The second kappa shape index (κ2) is 6.23. The number of nitrogens with two attached hydrogens (primary N) is 1. The van der Waals surface area contributed by atoms with Crippen molar-refractivity contribution in [2.45, 2.75) is 32.7 Å². The zero-order chi connectivity index (χ0) is 14.5. The average molecular weight is 273 g/mol. The maximum absolute atomic E-state index is 12.1. The van der Waals surface area contributed by atoms with Crippen LogP contribution < -0.4 is 11.1 Å². The van der Waals surface area contributed by atoms with Crippen molar-refractivity contribution in [3.8, 4) is 0 Å². The van der Waals surface area contributed by atoms with Gasteiger partial charge in [0.15, 0.2) is 0 Å². The van der Waals surface area contributed by atoms with Gasteiger partial charge in [-0.2, -0.15) is 0 Å². The van der Waals surface area contributed by atoms with Crippen molar-refractivity contribution in [1.82, 2.24) is 10.3 Å². The smallest absolute Gasteiger partial charge is 0.227 e. The van der Waals surface area contributed by atoms with E-state index in [0.717, 1.165) is 17.7 Å². The number of nitrogens with zero attached hydrogens (tertiary/aromatic N) is 1. The van der Waals surface area contributed by atoms with E-state index in [0.29, 0.717) is 18.1 Å².